The van der Waals surface area contributed by atoms with E-state index in [0.717, 1.165) is 5.69 Å². The molecule has 9 heteroatoms. The predicted molar refractivity (Wildman–Crippen MR) is 127 cm³/mol. The number of aromatic nitrogens is 2. The molecule has 0 amide bonds. The third kappa shape index (κ3) is 6.63. The topological polar surface area (TPSA) is 82.8 Å². The third-order valence-corrected chi connectivity index (χ3v) is 5.37. The van der Waals surface area contributed by atoms with Gasteiger partial charge in [-0.05, 0) is 44.9 Å². The van der Waals surface area contributed by atoms with Crippen molar-refractivity contribution in [3.8, 4) is 17.4 Å². The summed E-state index contributed by atoms with van der Waals surface area (Å²) in [4.78, 5) is 11.2. The first-order chi connectivity index (χ1) is 16.3. The van der Waals surface area contributed by atoms with Gasteiger partial charge in [0.05, 0.1) is 32.8 Å². The van der Waals surface area contributed by atoms with Crippen LogP contribution < -0.4 is 14.2 Å². The fourth-order valence-electron chi connectivity index (χ4n) is 3.51. The molecule has 182 valence electrons. The molecule has 0 saturated carbocycles. The zero-order valence-electron chi connectivity index (χ0n) is 19.4. The van der Waals surface area contributed by atoms with E-state index < -0.39 is 11.8 Å². The van der Waals surface area contributed by atoms with Gasteiger partial charge in [-0.2, -0.15) is 0 Å². The Morgan fingerprint density at radius 1 is 1.24 bits per heavy atom. The first-order valence-electron chi connectivity index (χ1n) is 10.9. The SMILES string of the molecule is COc1cccc(CC(=O)O)c1OCCCc1cc(OC(C)C)nn1Cc1c(F)cccc1Cl. The summed E-state index contributed by atoms with van der Waals surface area (Å²) in [5.41, 5.74) is 1.73. The Bertz CT molecular complexity index is 1110. The van der Waals surface area contributed by atoms with Gasteiger partial charge in [-0.15, -0.1) is 5.10 Å². The fraction of sp³-hybridized carbons (Fsp3) is 0.360. The number of benzene rings is 2. The average Bonchev–Trinajstić information content (AvgIpc) is 3.14. The van der Waals surface area contributed by atoms with Gasteiger partial charge in [0, 0.05) is 27.9 Å². The minimum Gasteiger partial charge on any atom is -0.493 e. The van der Waals surface area contributed by atoms with Gasteiger partial charge in [0.2, 0.25) is 5.88 Å². The van der Waals surface area contributed by atoms with Crippen molar-refractivity contribution in [3.63, 3.8) is 0 Å². The number of carbonyl (C=O) groups is 1. The highest BCUT2D eigenvalue weighted by Gasteiger charge is 2.16. The number of hydrogen-bond acceptors (Lipinski definition) is 5. The summed E-state index contributed by atoms with van der Waals surface area (Å²) < 4.78 is 33.0. The molecule has 0 saturated heterocycles. The highest BCUT2D eigenvalue weighted by Crippen LogP contribution is 2.32. The molecule has 0 aliphatic rings. The number of aliphatic carboxylic acids is 1. The number of carboxylic acid groups (broad SMARTS) is 1. The van der Waals surface area contributed by atoms with E-state index in [-0.39, 0.29) is 19.1 Å². The second-order valence-electron chi connectivity index (χ2n) is 7.97. The Hall–Kier alpha value is -3.26. The van der Waals surface area contributed by atoms with Crippen molar-refractivity contribution in [2.45, 2.75) is 45.8 Å². The Kier molecular flexibility index (Phi) is 8.76. The van der Waals surface area contributed by atoms with Crippen molar-refractivity contribution in [1.29, 1.82) is 0 Å². The molecule has 0 atom stereocenters. The van der Waals surface area contributed by atoms with Crippen LogP contribution in [0.2, 0.25) is 5.02 Å². The van der Waals surface area contributed by atoms with E-state index in [1.807, 2.05) is 19.9 Å². The molecular formula is C25H28ClFN2O5. The number of hydrogen-bond donors (Lipinski definition) is 1. The number of ether oxygens (including phenoxy) is 3. The van der Waals surface area contributed by atoms with Crippen molar-refractivity contribution < 1.29 is 28.5 Å². The summed E-state index contributed by atoms with van der Waals surface area (Å²) >= 11 is 6.21. The number of rotatable bonds is 12. The lowest BCUT2D eigenvalue weighted by Gasteiger charge is -2.14. The Morgan fingerprint density at radius 3 is 2.68 bits per heavy atom. The quantitative estimate of drug-likeness (QED) is 0.353. The van der Waals surface area contributed by atoms with Crippen LogP contribution in [0.4, 0.5) is 4.39 Å². The van der Waals surface area contributed by atoms with Crippen molar-refractivity contribution in [2.24, 2.45) is 0 Å². The molecule has 0 radical (unpaired) electrons. The Morgan fingerprint density at radius 2 is 2.00 bits per heavy atom. The molecule has 0 bridgehead atoms. The smallest absolute Gasteiger partial charge is 0.307 e. The lowest BCUT2D eigenvalue weighted by Crippen LogP contribution is -2.11. The summed E-state index contributed by atoms with van der Waals surface area (Å²) in [6, 6.07) is 11.6. The zero-order chi connectivity index (χ0) is 24.7. The van der Waals surface area contributed by atoms with E-state index in [1.165, 1.54) is 13.2 Å². The van der Waals surface area contributed by atoms with E-state index in [4.69, 9.17) is 25.8 Å². The van der Waals surface area contributed by atoms with Crippen LogP contribution in [-0.2, 0) is 24.2 Å². The summed E-state index contributed by atoms with van der Waals surface area (Å²) in [6.07, 6.45) is 0.944. The Balaban J connectivity index is 1.73. The number of aryl methyl sites for hydroxylation is 1. The monoisotopic (exact) mass is 490 g/mol. The summed E-state index contributed by atoms with van der Waals surface area (Å²) in [5, 5.41) is 14.0. The average molecular weight is 491 g/mol. The van der Waals surface area contributed by atoms with E-state index in [1.54, 1.807) is 35.0 Å². The lowest BCUT2D eigenvalue weighted by molar-refractivity contribution is -0.136. The van der Waals surface area contributed by atoms with Crippen molar-refractivity contribution in [1.82, 2.24) is 9.78 Å². The van der Waals surface area contributed by atoms with Crippen molar-refractivity contribution in [3.05, 3.63) is 70.1 Å². The number of nitrogens with zero attached hydrogens (tertiary/aromatic N) is 2. The maximum Gasteiger partial charge on any atom is 0.307 e. The molecular weight excluding hydrogens is 463 g/mol. The molecule has 2 aromatic carbocycles. The molecule has 34 heavy (non-hydrogen) atoms. The van der Waals surface area contributed by atoms with Gasteiger partial charge < -0.3 is 19.3 Å². The van der Waals surface area contributed by atoms with Gasteiger partial charge >= 0.3 is 5.97 Å². The highest BCUT2D eigenvalue weighted by atomic mass is 35.5. The van der Waals surface area contributed by atoms with Gasteiger partial charge in [0.25, 0.3) is 0 Å². The lowest BCUT2D eigenvalue weighted by atomic mass is 10.1. The van der Waals surface area contributed by atoms with Crippen molar-refractivity contribution >= 4 is 17.6 Å². The molecule has 1 aromatic heterocycles. The molecule has 1 N–H and O–H groups in total. The van der Waals surface area contributed by atoms with E-state index >= 15 is 0 Å². The first-order valence-corrected chi connectivity index (χ1v) is 11.3. The molecule has 0 aliphatic carbocycles. The third-order valence-electron chi connectivity index (χ3n) is 5.01. The van der Waals surface area contributed by atoms with Crippen LogP contribution in [-0.4, -0.2) is 40.7 Å². The largest absolute Gasteiger partial charge is 0.493 e. The van der Waals surface area contributed by atoms with Gasteiger partial charge in [0.15, 0.2) is 11.5 Å². The van der Waals surface area contributed by atoms with Gasteiger partial charge in [-0.25, -0.2) is 4.39 Å². The molecule has 0 unspecified atom stereocenters. The maximum atomic E-state index is 14.3. The second kappa shape index (κ2) is 11.7. The fourth-order valence-corrected chi connectivity index (χ4v) is 3.74. The molecule has 3 aromatic rings. The van der Waals surface area contributed by atoms with Crippen LogP contribution in [0.3, 0.4) is 0 Å². The molecule has 3 rings (SSSR count). The van der Waals surface area contributed by atoms with Crippen LogP contribution in [0.5, 0.6) is 17.4 Å². The van der Waals surface area contributed by atoms with Crippen LogP contribution in [0.25, 0.3) is 0 Å². The summed E-state index contributed by atoms with van der Waals surface area (Å²) in [5.74, 6) is -0.00225. The van der Waals surface area contributed by atoms with Crippen LogP contribution in [0, 0.1) is 5.82 Å². The van der Waals surface area contributed by atoms with E-state index in [9.17, 15) is 14.3 Å². The summed E-state index contributed by atoms with van der Waals surface area (Å²) in [7, 11) is 1.51. The minimum absolute atomic E-state index is 0.0604. The van der Waals surface area contributed by atoms with Gasteiger partial charge in [-0.3, -0.25) is 9.48 Å². The predicted octanol–water partition coefficient (Wildman–Crippen LogP) is 5.16. The standard InChI is InChI=1S/C25H28ClFN2O5/c1-16(2)34-23-14-18(29(28-23)15-19-20(26)9-5-10-21(19)27)8-6-12-33-25-17(13-24(30)31)7-4-11-22(25)32-3/h4-5,7,9-11,14,16H,6,8,12-13,15H2,1-3H3,(H,30,31). The molecule has 0 spiro atoms. The van der Waals surface area contributed by atoms with Crippen LogP contribution >= 0.6 is 11.6 Å². The Labute approximate surface area is 203 Å². The number of halogens is 2. The molecule has 7 nitrogen and oxygen atoms in total. The normalized spacial score (nSPS) is 11.0. The minimum atomic E-state index is -0.952. The number of carboxylic acids is 1. The summed E-state index contributed by atoms with van der Waals surface area (Å²) in [6.45, 7) is 4.29. The van der Waals surface area contributed by atoms with Crippen molar-refractivity contribution in [2.75, 3.05) is 13.7 Å². The highest BCUT2D eigenvalue weighted by molar-refractivity contribution is 6.31. The molecule has 0 fully saturated rings. The number of methoxy groups -OCH3 is 1. The number of para-hydroxylation sites is 1. The van der Waals surface area contributed by atoms with Gasteiger partial charge in [0.1, 0.15) is 5.82 Å². The van der Waals surface area contributed by atoms with Crippen LogP contribution in [0.15, 0.2) is 42.5 Å². The second-order valence-corrected chi connectivity index (χ2v) is 8.38. The maximum absolute atomic E-state index is 14.3. The molecule has 0 aliphatic heterocycles. The van der Waals surface area contributed by atoms with E-state index in [0.29, 0.717) is 53.0 Å². The van der Waals surface area contributed by atoms with E-state index in [2.05, 4.69) is 5.10 Å². The zero-order valence-corrected chi connectivity index (χ0v) is 20.1. The first kappa shape index (κ1) is 25.4. The van der Waals surface area contributed by atoms with Gasteiger partial charge in [-0.1, -0.05) is 29.8 Å². The molecule has 1 heterocycles. The van der Waals surface area contributed by atoms with Crippen LogP contribution in [0.1, 0.15) is 37.1 Å².